The van der Waals surface area contributed by atoms with Crippen molar-refractivity contribution in [2.24, 2.45) is 0 Å². The quantitative estimate of drug-likeness (QED) is 0.533. The van der Waals surface area contributed by atoms with Gasteiger partial charge in [-0.2, -0.15) is 5.26 Å². The molecule has 0 unspecified atom stereocenters. The van der Waals surface area contributed by atoms with Crippen LogP contribution in [0.4, 0.5) is 5.69 Å². The van der Waals surface area contributed by atoms with Gasteiger partial charge in [0.05, 0.1) is 11.6 Å². The van der Waals surface area contributed by atoms with Crippen LogP contribution in [0.5, 0.6) is 0 Å². The normalized spacial score (nSPS) is 8.80. The lowest BCUT2D eigenvalue weighted by Crippen LogP contribution is -1.78. The zero-order valence-corrected chi connectivity index (χ0v) is 5.68. The predicted octanol–water partition coefficient (Wildman–Crippen LogP) is 2.55. The minimum absolute atomic E-state index is 0.391. The third kappa shape index (κ3) is 1.08. The molecule has 0 aliphatic heterocycles. The van der Waals surface area contributed by atoms with Crippen molar-refractivity contribution in [3.63, 3.8) is 0 Å². The van der Waals surface area contributed by atoms with Crippen LogP contribution in [0.1, 0.15) is 11.1 Å². The molecule has 1 N–H and O–H groups in total. The van der Waals surface area contributed by atoms with Crippen molar-refractivity contribution in [2.45, 2.75) is 6.92 Å². The van der Waals surface area contributed by atoms with Crippen LogP contribution in [-0.4, -0.2) is 0 Å². The van der Waals surface area contributed by atoms with Crippen LogP contribution in [0.2, 0.25) is 0 Å². The lowest BCUT2D eigenvalue weighted by Gasteiger charge is -2.03. The van der Waals surface area contributed by atoms with Crippen LogP contribution in [0, 0.1) is 18.3 Å². The fourth-order valence-corrected chi connectivity index (χ4v) is 0.742. The van der Waals surface area contributed by atoms with Gasteiger partial charge in [0.25, 0.3) is 0 Å². The molecular weight excluding hydrogens is 124 g/mol. The van der Waals surface area contributed by atoms with E-state index in [4.69, 9.17) is 11.0 Å². The topological polar surface area (TPSA) is 47.6 Å². The molecule has 0 amide bonds. The first kappa shape index (κ1) is 6.63. The molecule has 1 aromatic rings. The molecule has 0 heterocycles. The van der Waals surface area contributed by atoms with Crippen molar-refractivity contribution < 1.29 is 0 Å². The molecule has 1 rings (SSSR count). The molecule has 0 aliphatic carbocycles. The molecule has 0 saturated heterocycles. The van der Waals surface area contributed by atoms with Crippen molar-refractivity contribution >= 4 is 5.69 Å². The van der Waals surface area contributed by atoms with E-state index in [0.717, 1.165) is 5.56 Å². The average molecular weight is 131 g/mol. The molecule has 0 bridgehead atoms. The fourth-order valence-electron chi connectivity index (χ4n) is 0.742. The van der Waals surface area contributed by atoms with E-state index < -0.39 is 0 Å². The summed E-state index contributed by atoms with van der Waals surface area (Å²) < 4.78 is 0. The molecule has 0 aliphatic rings. The molecule has 2 heteroatoms. The summed E-state index contributed by atoms with van der Waals surface area (Å²) >= 11 is 0. The molecule has 0 aromatic heterocycles. The second-order valence-electron chi connectivity index (χ2n) is 2.14. The first-order chi connectivity index (χ1) is 4.74. The first-order valence-electron chi connectivity index (χ1n) is 2.96. The van der Waals surface area contributed by atoms with E-state index in [-0.39, 0.29) is 0 Å². The Morgan fingerprint density at radius 2 is 2.20 bits per heavy atom. The van der Waals surface area contributed by atoms with Gasteiger partial charge in [-0.15, -0.1) is 5.69 Å². The van der Waals surface area contributed by atoms with Gasteiger partial charge in [-0.1, -0.05) is 18.2 Å². The van der Waals surface area contributed by atoms with Gasteiger partial charge < -0.3 is 5.73 Å². The van der Waals surface area contributed by atoms with Gasteiger partial charge in [0, 0.05) is 0 Å². The van der Waals surface area contributed by atoms with Crippen LogP contribution in [0.3, 0.4) is 0 Å². The van der Waals surface area contributed by atoms with Crippen molar-refractivity contribution in [1.82, 2.24) is 0 Å². The smallest absolute Gasteiger partial charge is 0.0993 e. The summed E-state index contributed by atoms with van der Waals surface area (Å²) in [4.78, 5) is 0. The second-order valence-corrected chi connectivity index (χ2v) is 2.14. The van der Waals surface area contributed by atoms with Crippen molar-refractivity contribution in [2.75, 3.05) is 0 Å². The Labute approximate surface area is 59.9 Å². The Bertz CT molecular complexity index is 284. The van der Waals surface area contributed by atoms with Gasteiger partial charge >= 0.3 is 0 Å². The summed E-state index contributed by atoms with van der Waals surface area (Å²) in [5.74, 6) is 0. The van der Waals surface area contributed by atoms with E-state index in [9.17, 15) is 0 Å². The minimum atomic E-state index is 0.391. The van der Waals surface area contributed by atoms with Crippen LogP contribution in [0.15, 0.2) is 18.2 Å². The molecule has 1 aromatic carbocycles. The largest absolute Gasteiger partial charge is 0.699 e. The Kier molecular flexibility index (Phi) is 1.59. The summed E-state index contributed by atoms with van der Waals surface area (Å²) in [5.41, 5.74) is 9.10. The summed E-state index contributed by atoms with van der Waals surface area (Å²) in [6.45, 7) is 1.86. The zero-order chi connectivity index (χ0) is 7.56. The highest BCUT2D eigenvalue weighted by Crippen LogP contribution is 2.15. The summed E-state index contributed by atoms with van der Waals surface area (Å²) in [6.07, 6.45) is 0. The second kappa shape index (κ2) is 2.40. The number of rotatable bonds is 0. The number of nitrogens with zero attached hydrogens (tertiary/aromatic N) is 1. The number of nitriles is 1. The van der Waals surface area contributed by atoms with Crippen molar-refractivity contribution in [3.8, 4) is 6.07 Å². The van der Waals surface area contributed by atoms with Gasteiger partial charge in [0.2, 0.25) is 0 Å². The maximum Gasteiger partial charge on any atom is 0.0993 e. The molecule has 0 radical (unpaired) electrons. The van der Waals surface area contributed by atoms with E-state index in [2.05, 4.69) is 0 Å². The van der Waals surface area contributed by atoms with Gasteiger partial charge in [0.1, 0.15) is 0 Å². The lowest BCUT2D eigenvalue weighted by atomic mass is 10.1. The van der Waals surface area contributed by atoms with Crippen LogP contribution in [0.25, 0.3) is 5.73 Å². The fraction of sp³-hybridized carbons (Fsp3) is 0.125. The number of aryl methyl sites for hydroxylation is 1. The summed E-state index contributed by atoms with van der Waals surface area (Å²) in [5, 5.41) is 8.51. The van der Waals surface area contributed by atoms with Gasteiger partial charge in [-0.25, -0.2) is 0 Å². The standard InChI is InChI=1S/C8H7N2/c1-6-2-3-8(10)4-7(6)5-9/h2-4,10H,1H3/q-1. The van der Waals surface area contributed by atoms with E-state index >= 15 is 0 Å². The summed E-state index contributed by atoms with van der Waals surface area (Å²) in [6, 6.07) is 7.04. The van der Waals surface area contributed by atoms with Gasteiger partial charge in [0.15, 0.2) is 0 Å². The molecule has 0 atom stereocenters. The molecule has 0 fully saturated rings. The van der Waals surface area contributed by atoms with Crippen molar-refractivity contribution in [3.05, 3.63) is 35.1 Å². The lowest BCUT2D eigenvalue weighted by molar-refractivity contribution is 1.40. The SMILES string of the molecule is Cc1ccc([NH-])cc1C#N. The van der Waals surface area contributed by atoms with Gasteiger partial charge in [-0.05, 0) is 12.5 Å². The number of benzene rings is 1. The molecule has 50 valence electrons. The Hall–Kier alpha value is -1.49. The number of hydrogen-bond acceptors (Lipinski definition) is 1. The summed E-state index contributed by atoms with van der Waals surface area (Å²) in [7, 11) is 0. The van der Waals surface area contributed by atoms with E-state index in [1.165, 1.54) is 0 Å². The Morgan fingerprint density at radius 1 is 1.50 bits per heavy atom. The third-order valence-electron chi connectivity index (χ3n) is 1.36. The van der Waals surface area contributed by atoms with Crippen LogP contribution in [-0.2, 0) is 0 Å². The Morgan fingerprint density at radius 3 is 2.70 bits per heavy atom. The highest BCUT2D eigenvalue weighted by atomic mass is 14.5. The minimum Gasteiger partial charge on any atom is -0.699 e. The Balaban J connectivity index is 3.25. The third-order valence-corrected chi connectivity index (χ3v) is 1.36. The van der Waals surface area contributed by atoms with Crippen molar-refractivity contribution in [1.29, 1.82) is 5.26 Å². The number of hydrogen-bond donors (Lipinski definition) is 0. The highest BCUT2D eigenvalue weighted by Gasteiger charge is 1.91. The predicted molar refractivity (Wildman–Crippen MR) is 39.9 cm³/mol. The maximum atomic E-state index is 8.51. The van der Waals surface area contributed by atoms with Crippen LogP contribution < -0.4 is 0 Å². The zero-order valence-electron chi connectivity index (χ0n) is 5.68. The van der Waals surface area contributed by atoms with E-state index in [1.807, 2.05) is 13.0 Å². The maximum absolute atomic E-state index is 8.51. The molecule has 10 heavy (non-hydrogen) atoms. The molecule has 0 spiro atoms. The highest BCUT2D eigenvalue weighted by molar-refractivity contribution is 5.51. The van der Waals surface area contributed by atoms with E-state index in [0.29, 0.717) is 11.3 Å². The van der Waals surface area contributed by atoms with Gasteiger partial charge in [-0.3, -0.25) is 0 Å². The number of nitrogens with one attached hydrogen (secondary N) is 1. The average Bonchev–Trinajstić information content (AvgIpc) is 1.94. The molecule has 0 saturated carbocycles. The van der Waals surface area contributed by atoms with E-state index in [1.54, 1.807) is 18.2 Å². The van der Waals surface area contributed by atoms with Crippen LogP contribution >= 0.6 is 0 Å². The molecule has 2 nitrogen and oxygen atoms in total. The first-order valence-corrected chi connectivity index (χ1v) is 2.96. The monoisotopic (exact) mass is 131 g/mol. The molecular formula is C8H7N2-.